The van der Waals surface area contributed by atoms with Gasteiger partial charge >= 0.3 is 0 Å². The molecule has 0 bridgehead atoms. The molecule has 5 aliphatic rings. The van der Waals surface area contributed by atoms with Crippen molar-refractivity contribution in [2.75, 3.05) is 70.8 Å². The Morgan fingerprint density at radius 1 is 0.867 bits per heavy atom. The summed E-state index contributed by atoms with van der Waals surface area (Å²) in [5.74, 6) is 0.988. The van der Waals surface area contributed by atoms with Gasteiger partial charge in [0.05, 0.1) is 32.5 Å². The molecule has 83 heavy (non-hydrogen) atoms. The standard InChI is InChI=1S/C68H84N4O11/c1-8-70(53-24-26-79-27-25-53)60-37-52(36-59(47(60)7)62(74)23-22-57-46(6)34-44(4)35-63(57)75)48-18-20-55(21-19-48)82-32-30-80-28-29-81-31-33-83-64-38-49(56-15-11-12-45(56)5)16-17-50(64)40-69-66(76)61-39-54(73)42-71(61)68(78)65(43(2)3)72-41-51-13-9-10-14-58(51)67(72)77/h9-14,16-21,34,36-38,43,45,53-54,56,61,65,73H,8,15,22-33,35,39-42H2,1-7H3,(H,69,76)/t45?,54-,56?,61+,65+/m1/s1. The number of amides is 3. The minimum atomic E-state index is -0.905. The first kappa shape index (κ1) is 60.7. The van der Waals surface area contributed by atoms with Gasteiger partial charge in [0.15, 0.2) is 11.6 Å². The second-order valence-corrected chi connectivity index (χ2v) is 23.3. The number of hydrogen-bond donors (Lipinski definition) is 2. The van der Waals surface area contributed by atoms with Crippen molar-refractivity contribution in [1.82, 2.24) is 15.1 Å². The number of rotatable bonds is 26. The van der Waals surface area contributed by atoms with Gasteiger partial charge in [-0.2, -0.15) is 0 Å². The Morgan fingerprint density at radius 2 is 1.59 bits per heavy atom. The number of Topliss-reactive ketones (excluding diaryl/α,β-unsaturated/α-hetero) is 2. The quantitative estimate of drug-likeness (QED) is 0.0347. The second kappa shape index (κ2) is 28.1. The third-order valence-electron chi connectivity index (χ3n) is 17.2. The molecule has 15 heteroatoms. The van der Waals surface area contributed by atoms with Crippen LogP contribution in [0.3, 0.4) is 0 Å². The number of benzene rings is 4. The van der Waals surface area contributed by atoms with Crippen molar-refractivity contribution in [3.63, 3.8) is 0 Å². The minimum Gasteiger partial charge on any atom is -0.491 e. The average Bonchev–Trinajstić information content (AvgIpc) is 3.33. The summed E-state index contributed by atoms with van der Waals surface area (Å²) in [7, 11) is 0. The van der Waals surface area contributed by atoms with E-state index in [1.807, 2.05) is 89.2 Å². The largest absolute Gasteiger partial charge is 0.491 e. The van der Waals surface area contributed by atoms with E-state index in [1.54, 1.807) is 11.0 Å². The van der Waals surface area contributed by atoms with Crippen LogP contribution in [-0.4, -0.2) is 134 Å². The van der Waals surface area contributed by atoms with E-state index in [4.69, 9.17) is 23.7 Å². The van der Waals surface area contributed by atoms with E-state index in [9.17, 15) is 29.1 Å². The Kier molecular flexibility index (Phi) is 20.5. The number of likely N-dealkylation sites (tertiary alicyclic amines) is 1. The molecular weight excluding hydrogens is 1050 g/mol. The number of nitrogens with one attached hydrogen (secondary N) is 1. The Morgan fingerprint density at radius 3 is 2.28 bits per heavy atom. The lowest BCUT2D eigenvalue weighted by Crippen LogP contribution is -2.55. The van der Waals surface area contributed by atoms with E-state index in [1.165, 1.54) is 4.90 Å². The first-order valence-corrected chi connectivity index (χ1v) is 30.0. The van der Waals surface area contributed by atoms with Crippen LogP contribution in [0.15, 0.2) is 114 Å². The maximum atomic E-state index is 14.3. The molecule has 15 nitrogen and oxygen atoms in total. The summed E-state index contributed by atoms with van der Waals surface area (Å²) in [5.41, 5.74) is 10.7. The van der Waals surface area contributed by atoms with Crippen molar-refractivity contribution in [1.29, 1.82) is 0 Å². The molecule has 0 radical (unpaired) electrons. The predicted molar refractivity (Wildman–Crippen MR) is 321 cm³/mol. The molecule has 5 atom stereocenters. The van der Waals surface area contributed by atoms with Gasteiger partial charge in [0, 0.05) is 87.1 Å². The van der Waals surface area contributed by atoms with Crippen molar-refractivity contribution >= 4 is 35.0 Å². The summed E-state index contributed by atoms with van der Waals surface area (Å²) >= 11 is 0. The van der Waals surface area contributed by atoms with E-state index in [-0.39, 0.29) is 67.7 Å². The number of ketones is 2. The molecule has 0 spiro atoms. The van der Waals surface area contributed by atoms with Gasteiger partial charge in [-0.05, 0) is 146 Å². The monoisotopic (exact) mass is 1130 g/mol. The van der Waals surface area contributed by atoms with Crippen molar-refractivity contribution in [2.45, 2.75) is 137 Å². The van der Waals surface area contributed by atoms with Gasteiger partial charge in [0.2, 0.25) is 11.8 Å². The molecule has 2 N–H and O–H groups in total. The maximum Gasteiger partial charge on any atom is 0.255 e. The van der Waals surface area contributed by atoms with E-state index in [0.29, 0.717) is 106 Å². The second-order valence-electron chi connectivity index (χ2n) is 23.3. The highest BCUT2D eigenvalue weighted by molar-refractivity contribution is 6.04. The number of fused-ring (bicyclic) bond motifs is 1. The lowest BCUT2D eigenvalue weighted by atomic mass is 9.87. The molecular formula is C68H84N4O11. The number of carbonyl (C=O) groups excluding carboxylic acids is 5. The lowest BCUT2D eigenvalue weighted by molar-refractivity contribution is -0.143. The fraction of sp³-hybridized carbons (Fsp3) is 0.485. The summed E-state index contributed by atoms with van der Waals surface area (Å²) in [6.45, 7) is 18.8. The normalized spacial score (nSPS) is 20.3. The molecule has 3 heterocycles. The summed E-state index contributed by atoms with van der Waals surface area (Å²) in [6, 6.07) is 24.2. The van der Waals surface area contributed by atoms with Crippen molar-refractivity contribution in [2.24, 2.45) is 11.8 Å². The Bertz CT molecular complexity index is 3080. The van der Waals surface area contributed by atoms with Crippen LogP contribution in [0.5, 0.6) is 11.5 Å². The van der Waals surface area contributed by atoms with Crippen molar-refractivity contribution in [3.8, 4) is 22.6 Å². The smallest absolute Gasteiger partial charge is 0.255 e. The molecule has 2 saturated heterocycles. The molecule has 3 amide bonds. The fourth-order valence-electron chi connectivity index (χ4n) is 12.7. The van der Waals surface area contributed by atoms with E-state index >= 15 is 0 Å². The van der Waals surface area contributed by atoms with Crippen molar-refractivity contribution in [3.05, 3.63) is 147 Å². The molecule has 442 valence electrons. The Balaban J connectivity index is 0.750. The number of nitrogens with zero attached hydrogens (tertiary/aromatic N) is 3. The summed E-state index contributed by atoms with van der Waals surface area (Å²) in [6.07, 6.45) is 9.57. The number of anilines is 1. The highest BCUT2D eigenvalue weighted by atomic mass is 16.6. The van der Waals surface area contributed by atoms with Crippen molar-refractivity contribution < 1.29 is 52.8 Å². The van der Waals surface area contributed by atoms with Crippen LogP contribution in [0.25, 0.3) is 11.1 Å². The first-order chi connectivity index (χ1) is 40.1. The summed E-state index contributed by atoms with van der Waals surface area (Å²) in [4.78, 5) is 74.4. The number of ether oxygens (including phenoxy) is 5. The molecule has 3 aliphatic heterocycles. The minimum absolute atomic E-state index is 0.00414. The molecule has 2 fully saturated rings. The molecule has 0 saturated carbocycles. The SMILES string of the molecule is CCN(c1cc(-c2ccc(OCCOCCOCCOc3cc(C4CC=CC4C)ccc3CNC(=O)[C@@H]3C[C@@H](O)CN3C(=O)[C@H](C(C)C)N3Cc4ccccc4C3=O)cc2)cc(C(=O)CCC2=C(C)C=C(C)CC2=O)c1C)C1CCOCC1. The maximum absolute atomic E-state index is 14.3. The van der Waals surface area contributed by atoms with Crippen LogP contribution in [0.2, 0.25) is 0 Å². The van der Waals surface area contributed by atoms with Gasteiger partial charge in [-0.1, -0.05) is 87.0 Å². The van der Waals surface area contributed by atoms with Crippen LogP contribution in [0, 0.1) is 18.8 Å². The zero-order chi connectivity index (χ0) is 58.7. The Hall–Kier alpha value is -6.91. The number of hydrogen-bond acceptors (Lipinski definition) is 12. The Labute approximate surface area is 490 Å². The van der Waals surface area contributed by atoms with Crippen LogP contribution in [0.4, 0.5) is 5.69 Å². The van der Waals surface area contributed by atoms with Gasteiger partial charge in [-0.15, -0.1) is 0 Å². The van der Waals surface area contributed by atoms with E-state index in [2.05, 4.69) is 60.5 Å². The summed E-state index contributed by atoms with van der Waals surface area (Å²) < 4.78 is 29.9. The fourth-order valence-corrected chi connectivity index (χ4v) is 12.7. The summed E-state index contributed by atoms with van der Waals surface area (Å²) in [5, 5.41) is 13.9. The number of allylic oxidation sites excluding steroid dienone is 6. The molecule has 9 rings (SSSR count). The topological polar surface area (TPSA) is 173 Å². The van der Waals surface area contributed by atoms with E-state index < -0.39 is 18.2 Å². The van der Waals surface area contributed by atoms with Gasteiger partial charge in [0.25, 0.3) is 5.91 Å². The zero-order valence-electron chi connectivity index (χ0n) is 49.6. The lowest BCUT2D eigenvalue weighted by Gasteiger charge is -2.37. The van der Waals surface area contributed by atoms with Gasteiger partial charge < -0.3 is 48.8 Å². The first-order valence-electron chi connectivity index (χ1n) is 30.0. The van der Waals surface area contributed by atoms with Crippen LogP contribution < -0.4 is 19.7 Å². The van der Waals surface area contributed by atoms with E-state index in [0.717, 1.165) is 81.6 Å². The van der Waals surface area contributed by atoms with Crippen LogP contribution in [-0.2, 0) is 41.7 Å². The number of aliphatic hydroxyl groups is 1. The molecule has 0 aromatic heterocycles. The molecule has 2 unspecified atom stereocenters. The molecule has 2 aliphatic carbocycles. The molecule has 4 aromatic rings. The third kappa shape index (κ3) is 14.5. The van der Waals surface area contributed by atoms with Crippen LogP contribution >= 0.6 is 0 Å². The average molecular weight is 1130 g/mol. The van der Waals surface area contributed by atoms with Gasteiger partial charge in [-0.25, -0.2) is 0 Å². The highest BCUT2D eigenvalue weighted by Gasteiger charge is 2.46. The zero-order valence-corrected chi connectivity index (χ0v) is 49.6. The van der Waals surface area contributed by atoms with Gasteiger partial charge in [0.1, 0.15) is 36.8 Å². The molecule has 4 aromatic carbocycles. The number of aliphatic hydroxyl groups excluding tert-OH is 1. The van der Waals surface area contributed by atoms with Gasteiger partial charge in [-0.3, -0.25) is 24.0 Å². The highest BCUT2D eigenvalue weighted by Crippen LogP contribution is 2.39. The predicted octanol–water partition coefficient (Wildman–Crippen LogP) is 10.3. The number of carbonyl (C=O) groups is 5. The van der Waals surface area contributed by atoms with Crippen LogP contribution in [0.1, 0.15) is 135 Å². The third-order valence-corrected chi connectivity index (χ3v) is 17.2. The number of β-amino-alcohol motifs (C(OH)–C–C–N with tert-alkyl or cyclic N) is 1.